The minimum Gasteiger partial charge on any atom is -0.325 e. The summed E-state index contributed by atoms with van der Waals surface area (Å²) in [6.45, 7) is 9.85. The van der Waals surface area contributed by atoms with E-state index in [2.05, 4.69) is 13.8 Å². The van der Waals surface area contributed by atoms with Crippen molar-refractivity contribution in [3.8, 4) is 0 Å². The molecule has 1 unspecified atom stereocenters. The summed E-state index contributed by atoms with van der Waals surface area (Å²) >= 11 is 0. The van der Waals surface area contributed by atoms with E-state index in [9.17, 15) is 4.79 Å². The Labute approximate surface area is 88.1 Å². The number of carbonyl (C=O) groups excluding carboxylic acids is 1. The van der Waals surface area contributed by atoms with Crippen molar-refractivity contribution in [1.29, 1.82) is 0 Å². The first-order chi connectivity index (χ1) is 6.58. The third-order valence-corrected chi connectivity index (χ3v) is 2.70. The predicted molar refractivity (Wildman–Crippen MR) is 60.5 cm³/mol. The zero-order chi connectivity index (χ0) is 11.1. The summed E-state index contributed by atoms with van der Waals surface area (Å²) in [6.07, 6.45) is 2.19. The van der Waals surface area contributed by atoms with Gasteiger partial charge in [0.2, 0.25) is 0 Å². The average Bonchev–Trinajstić information content (AvgIpc) is 2.18. The largest absolute Gasteiger partial charge is 0.325 e. The summed E-state index contributed by atoms with van der Waals surface area (Å²) in [7, 11) is 1.89. The maximum atomic E-state index is 11.9. The van der Waals surface area contributed by atoms with Gasteiger partial charge in [0.25, 0.3) is 0 Å². The van der Waals surface area contributed by atoms with Crippen molar-refractivity contribution >= 4 is 6.03 Å². The van der Waals surface area contributed by atoms with Crippen LogP contribution in [0.15, 0.2) is 0 Å². The molecule has 0 saturated carbocycles. The molecule has 0 bridgehead atoms. The Bertz CT molecular complexity index is 167. The number of urea groups is 1. The summed E-state index contributed by atoms with van der Waals surface area (Å²) in [5.74, 6) is 0. The molecule has 0 aromatic carbocycles. The van der Waals surface area contributed by atoms with E-state index in [4.69, 9.17) is 0 Å². The van der Waals surface area contributed by atoms with Gasteiger partial charge >= 0.3 is 6.03 Å². The molecular weight excluding hydrogens is 176 g/mol. The van der Waals surface area contributed by atoms with Gasteiger partial charge in [-0.05, 0) is 27.2 Å². The zero-order valence-electron chi connectivity index (χ0n) is 10.2. The molecule has 3 nitrogen and oxygen atoms in total. The minimum absolute atomic E-state index is 0.149. The zero-order valence-corrected chi connectivity index (χ0v) is 10.2. The van der Waals surface area contributed by atoms with Crippen LogP contribution in [0.2, 0.25) is 0 Å². The molecule has 0 radical (unpaired) electrons. The van der Waals surface area contributed by atoms with Crippen molar-refractivity contribution in [3.63, 3.8) is 0 Å². The van der Waals surface area contributed by atoms with Crippen molar-refractivity contribution in [2.24, 2.45) is 0 Å². The van der Waals surface area contributed by atoms with Crippen LogP contribution < -0.4 is 0 Å². The molecule has 0 heterocycles. The molecule has 14 heavy (non-hydrogen) atoms. The fourth-order valence-corrected chi connectivity index (χ4v) is 1.52. The lowest BCUT2D eigenvalue weighted by Crippen LogP contribution is -2.44. The lowest BCUT2D eigenvalue weighted by Gasteiger charge is -2.30. The van der Waals surface area contributed by atoms with Gasteiger partial charge in [-0.1, -0.05) is 13.3 Å². The second-order valence-electron chi connectivity index (χ2n) is 3.70. The molecule has 0 aliphatic heterocycles. The van der Waals surface area contributed by atoms with Crippen LogP contribution in [0, 0.1) is 0 Å². The first kappa shape index (κ1) is 13.3. The Morgan fingerprint density at radius 2 is 1.71 bits per heavy atom. The molecule has 0 fully saturated rings. The summed E-state index contributed by atoms with van der Waals surface area (Å²) in [5, 5.41) is 0. The van der Waals surface area contributed by atoms with E-state index in [0.29, 0.717) is 6.04 Å². The van der Waals surface area contributed by atoms with Gasteiger partial charge in [-0.2, -0.15) is 0 Å². The molecule has 0 saturated heterocycles. The van der Waals surface area contributed by atoms with Gasteiger partial charge in [0.05, 0.1) is 0 Å². The molecule has 84 valence electrons. The van der Waals surface area contributed by atoms with Gasteiger partial charge in [0, 0.05) is 26.2 Å². The van der Waals surface area contributed by atoms with E-state index in [1.54, 1.807) is 0 Å². The van der Waals surface area contributed by atoms with Crippen molar-refractivity contribution in [1.82, 2.24) is 9.80 Å². The van der Waals surface area contributed by atoms with Gasteiger partial charge in [-0.15, -0.1) is 0 Å². The molecule has 0 aliphatic carbocycles. The van der Waals surface area contributed by atoms with Gasteiger partial charge in [0.1, 0.15) is 0 Å². The van der Waals surface area contributed by atoms with Crippen LogP contribution in [0.5, 0.6) is 0 Å². The third kappa shape index (κ3) is 3.56. The molecule has 0 spiro atoms. The van der Waals surface area contributed by atoms with Crippen LogP contribution in [0.25, 0.3) is 0 Å². The average molecular weight is 200 g/mol. The Morgan fingerprint density at radius 1 is 1.21 bits per heavy atom. The molecule has 3 heteroatoms. The second kappa shape index (κ2) is 6.68. The second-order valence-corrected chi connectivity index (χ2v) is 3.70. The van der Waals surface area contributed by atoms with E-state index in [1.165, 1.54) is 0 Å². The topological polar surface area (TPSA) is 23.6 Å². The number of hydrogen-bond donors (Lipinski definition) is 0. The van der Waals surface area contributed by atoms with Crippen molar-refractivity contribution in [3.05, 3.63) is 0 Å². The summed E-state index contributed by atoms with van der Waals surface area (Å²) in [4.78, 5) is 15.6. The van der Waals surface area contributed by atoms with E-state index < -0.39 is 0 Å². The maximum Gasteiger partial charge on any atom is 0.319 e. The van der Waals surface area contributed by atoms with Crippen molar-refractivity contribution in [2.75, 3.05) is 20.1 Å². The number of carbonyl (C=O) groups is 1. The fourth-order valence-electron chi connectivity index (χ4n) is 1.52. The SMILES string of the molecule is CCCC(C)N(C)C(=O)N(CC)CC. The Balaban J connectivity index is 4.21. The Kier molecular flexibility index (Phi) is 6.34. The standard InChI is InChI=1S/C11H24N2O/c1-6-9-10(4)12(5)11(14)13(7-2)8-3/h10H,6-9H2,1-5H3. The highest BCUT2D eigenvalue weighted by atomic mass is 16.2. The van der Waals surface area contributed by atoms with Gasteiger partial charge in [0.15, 0.2) is 0 Å². The van der Waals surface area contributed by atoms with Crippen LogP contribution in [0.1, 0.15) is 40.5 Å². The Morgan fingerprint density at radius 3 is 2.07 bits per heavy atom. The van der Waals surface area contributed by atoms with Gasteiger partial charge in [-0.3, -0.25) is 0 Å². The summed E-state index contributed by atoms with van der Waals surface area (Å²) in [6, 6.07) is 0.490. The first-order valence-electron chi connectivity index (χ1n) is 5.60. The monoisotopic (exact) mass is 200 g/mol. The normalized spacial score (nSPS) is 12.4. The third-order valence-electron chi connectivity index (χ3n) is 2.70. The van der Waals surface area contributed by atoms with Crippen LogP contribution >= 0.6 is 0 Å². The molecule has 1 atom stereocenters. The highest BCUT2D eigenvalue weighted by Crippen LogP contribution is 2.07. The number of nitrogens with zero attached hydrogens (tertiary/aromatic N) is 2. The highest BCUT2D eigenvalue weighted by molar-refractivity contribution is 5.74. The van der Waals surface area contributed by atoms with Crippen LogP contribution in [-0.4, -0.2) is 42.0 Å². The molecule has 0 rings (SSSR count). The minimum atomic E-state index is 0.149. The van der Waals surface area contributed by atoms with E-state index in [-0.39, 0.29) is 6.03 Å². The lowest BCUT2D eigenvalue weighted by atomic mass is 10.2. The molecule has 0 aliphatic rings. The number of amides is 2. The maximum absolute atomic E-state index is 11.9. The first-order valence-corrected chi connectivity index (χ1v) is 5.60. The molecule has 0 aromatic heterocycles. The van der Waals surface area contributed by atoms with Crippen LogP contribution in [0.3, 0.4) is 0 Å². The fraction of sp³-hybridized carbons (Fsp3) is 0.909. The quantitative estimate of drug-likeness (QED) is 0.669. The molecular formula is C11H24N2O. The van der Waals surface area contributed by atoms with Crippen molar-refractivity contribution < 1.29 is 4.79 Å². The van der Waals surface area contributed by atoms with Gasteiger partial charge < -0.3 is 9.80 Å². The lowest BCUT2D eigenvalue weighted by molar-refractivity contribution is 0.151. The van der Waals surface area contributed by atoms with E-state index >= 15 is 0 Å². The molecule has 0 aromatic rings. The van der Waals surface area contributed by atoms with E-state index in [0.717, 1.165) is 25.9 Å². The number of rotatable bonds is 5. The molecule has 2 amide bonds. The number of hydrogen-bond acceptors (Lipinski definition) is 1. The van der Waals surface area contributed by atoms with E-state index in [1.807, 2.05) is 30.7 Å². The summed E-state index contributed by atoms with van der Waals surface area (Å²) in [5.41, 5.74) is 0. The molecule has 0 N–H and O–H groups in total. The van der Waals surface area contributed by atoms with Crippen LogP contribution in [0.4, 0.5) is 4.79 Å². The smallest absolute Gasteiger partial charge is 0.319 e. The Hall–Kier alpha value is -0.730. The van der Waals surface area contributed by atoms with Crippen molar-refractivity contribution in [2.45, 2.75) is 46.6 Å². The van der Waals surface area contributed by atoms with Crippen LogP contribution in [-0.2, 0) is 0 Å². The highest BCUT2D eigenvalue weighted by Gasteiger charge is 2.18. The van der Waals surface area contributed by atoms with Gasteiger partial charge in [-0.25, -0.2) is 4.79 Å². The predicted octanol–water partition coefficient (Wildman–Crippen LogP) is 2.57. The summed E-state index contributed by atoms with van der Waals surface area (Å²) < 4.78 is 0.